The van der Waals surface area contributed by atoms with Crippen LogP contribution in [-0.2, 0) is 10.0 Å². The van der Waals surface area contributed by atoms with Gasteiger partial charge in [0.15, 0.2) is 0 Å². The Morgan fingerprint density at radius 2 is 1.93 bits per heavy atom. The maximum atomic E-state index is 12.9. The monoisotopic (exact) mass is 417 g/mol. The van der Waals surface area contributed by atoms with Gasteiger partial charge in [0.25, 0.3) is 15.9 Å². The molecule has 0 unspecified atom stereocenters. The van der Waals surface area contributed by atoms with Crippen LogP contribution in [0.1, 0.15) is 30.6 Å². The molecule has 0 spiro atoms. The van der Waals surface area contributed by atoms with Gasteiger partial charge in [-0.05, 0) is 31.5 Å². The quantitative estimate of drug-likeness (QED) is 0.635. The van der Waals surface area contributed by atoms with Crippen LogP contribution in [-0.4, -0.2) is 51.5 Å². The zero-order valence-electron chi connectivity index (χ0n) is 16.7. The third kappa shape index (κ3) is 5.24. The van der Waals surface area contributed by atoms with Crippen molar-refractivity contribution in [2.45, 2.75) is 31.2 Å². The lowest BCUT2D eigenvalue weighted by Gasteiger charge is -2.30. The van der Waals surface area contributed by atoms with E-state index in [9.17, 15) is 13.2 Å². The largest absolute Gasteiger partial charge is 0.353 e. The van der Waals surface area contributed by atoms with Gasteiger partial charge in [0.2, 0.25) is 0 Å². The highest BCUT2D eigenvalue weighted by atomic mass is 32.2. The van der Waals surface area contributed by atoms with Crippen molar-refractivity contribution in [3.63, 3.8) is 0 Å². The highest BCUT2D eigenvalue weighted by Crippen LogP contribution is 2.24. The van der Waals surface area contributed by atoms with Crippen LogP contribution in [0, 0.1) is 0 Å². The summed E-state index contributed by atoms with van der Waals surface area (Å²) in [6.45, 7) is 6.98. The molecule has 1 fully saturated rings. The SMILES string of the molecule is CC[C@H](C)NC(=O)c1cc(NS(=O)(=O)c2ccccc2)cnc1N1CCNCC1. The lowest BCUT2D eigenvalue weighted by atomic mass is 10.1. The second-order valence-corrected chi connectivity index (χ2v) is 8.72. The van der Waals surface area contributed by atoms with Crippen molar-refractivity contribution >= 4 is 27.4 Å². The van der Waals surface area contributed by atoms with Gasteiger partial charge in [0.05, 0.1) is 22.3 Å². The van der Waals surface area contributed by atoms with Gasteiger partial charge >= 0.3 is 0 Å². The first-order valence-electron chi connectivity index (χ1n) is 9.75. The number of anilines is 2. The molecule has 1 saturated heterocycles. The molecule has 2 heterocycles. The zero-order chi connectivity index (χ0) is 20.9. The molecule has 3 rings (SSSR count). The number of nitrogens with zero attached hydrogens (tertiary/aromatic N) is 2. The Balaban J connectivity index is 1.93. The molecule has 0 aliphatic carbocycles. The molecular formula is C20H27N5O3S. The maximum absolute atomic E-state index is 12.9. The number of pyridine rings is 1. The molecule has 0 saturated carbocycles. The first-order valence-corrected chi connectivity index (χ1v) is 11.2. The van der Waals surface area contributed by atoms with Gasteiger partial charge in [-0.2, -0.15) is 0 Å². The molecule has 29 heavy (non-hydrogen) atoms. The van der Waals surface area contributed by atoms with E-state index < -0.39 is 10.0 Å². The highest BCUT2D eigenvalue weighted by molar-refractivity contribution is 7.92. The summed E-state index contributed by atoms with van der Waals surface area (Å²) in [6.07, 6.45) is 2.25. The fourth-order valence-corrected chi connectivity index (χ4v) is 4.08. The van der Waals surface area contributed by atoms with E-state index in [1.807, 2.05) is 18.7 Å². The van der Waals surface area contributed by atoms with Crippen molar-refractivity contribution < 1.29 is 13.2 Å². The van der Waals surface area contributed by atoms with Crippen molar-refractivity contribution in [1.29, 1.82) is 0 Å². The van der Waals surface area contributed by atoms with Crippen molar-refractivity contribution in [2.75, 3.05) is 35.8 Å². The van der Waals surface area contributed by atoms with Crippen LogP contribution in [0.2, 0.25) is 0 Å². The molecular weight excluding hydrogens is 390 g/mol. The van der Waals surface area contributed by atoms with Gasteiger partial charge in [-0.25, -0.2) is 13.4 Å². The maximum Gasteiger partial charge on any atom is 0.261 e. The summed E-state index contributed by atoms with van der Waals surface area (Å²) in [5, 5.41) is 6.22. The molecule has 1 atom stereocenters. The Hall–Kier alpha value is -2.65. The number of hydrogen-bond donors (Lipinski definition) is 3. The molecule has 1 aliphatic rings. The Labute approximate surface area is 171 Å². The van der Waals surface area contributed by atoms with E-state index in [0.29, 0.717) is 11.4 Å². The van der Waals surface area contributed by atoms with E-state index in [1.165, 1.54) is 18.3 Å². The van der Waals surface area contributed by atoms with Crippen LogP contribution in [0.3, 0.4) is 0 Å². The summed E-state index contributed by atoms with van der Waals surface area (Å²) in [5.41, 5.74) is 0.613. The second-order valence-electron chi connectivity index (χ2n) is 7.03. The van der Waals surface area contributed by atoms with Gasteiger partial charge < -0.3 is 15.5 Å². The average Bonchev–Trinajstić information content (AvgIpc) is 2.74. The highest BCUT2D eigenvalue weighted by Gasteiger charge is 2.23. The number of benzene rings is 1. The molecule has 1 aliphatic heterocycles. The molecule has 2 aromatic rings. The van der Waals surface area contributed by atoms with Crippen molar-refractivity contribution in [1.82, 2.24) is 15.6 Å². The summed E-state index contributed by atoms with van der Waals surface area (Å²) >= 11 is 0. The third-order valence-corrected chi connectivity index (χ3v) is 6.22. The standard InChI is InChI=1S/C20H27N5O3S/c1-3-15(2)23-20(26)18-13-16(14-22-19(18)25-11-9-21-10-12-25)24-29(27,28)17-7-5-4-6-8-17/h4-8,13-15,21,24H,3,9-12H2,1-2H3,(H,23,26)/t15-/m0/s1. The molecule has 1 aromatic carbocycles. The Bertz CT molecular complexity index is 944. The third-order valence-electron chi connectivity index (χ3n) is 4.82. The van der Waals surface area contributed by atoms with Gasteiger partial charge in [-0.3, -0.25) is 9.52 Å². The van der Waals surface area contributed by atoms with Gasteiger partial charge in [-0.1, -0.05) is 25.1 Å². The first kappa shape index (κ1) is 21.1. The number of amides is 1. The topological polar surface area (TPSA) is 103 Å². The molecule has 0 radical (unpaired) electrons. The first-order chi connectivity index (χ1) is 13.9. The lowest BCUT2D eigenvalue weighted by molar-refractivity contribution is 0.0939. The predicted molar refractivity (Wildman–Crippen MR) is 114 cm³/mol. The van der Waals surface area contributed by atoms with Crippen LogP contribution in [0.4, 0.5) is 11.5 Å². The molecule has 9 heteroatoms. The van der Waals surface area contributed by atoms with Crippen molar-refractivity contribution in [3.05, 3.63) is 48.2 Å². The number of aromatic nitrogens is 1. The van der Waals surface area contributed by atoms with E-state index in [4.69, 9.17) is 0 Å². The van der Waals surface area contributed by atoms with Crippen molar-refractivity contribution in [3.8, 4) is 0 Å². The number of piperazine rings is 1. The van der Waals surface area contributed by atoms with E-state index in [0.717, 1.165) is 32.6 Å². The summed E-state index contributed by atoms with van der Waals surface area (Å²) < 4.78 is 27.8. The summed E-state index contributed by atoms with van der Waals surface area (Å²) in [5.74, 6) is 0.302. The molecule has 1 amide bonds. The second kappa shape index (κ2) is 9.23. The van der Waals surface area contributed by atoms with Crippen LogP contribution in [0.15, 0.2) is 47.5 Å². The van der Waals surface area contributed by atoms with E-state index in [2.05, 4.69) is 20.3 Å². The Morgan fingerprint density at radius 1 is 1.24 bits per heavy atom. The fourth-order valence-electron chi connectivity index (χ4n) is 3.03. The van der Waals surface area contributed by atoms with E-state index in [-0.39, 0.29) is 22.5 Å². The number of carbonyl (C=O) groups is 1. The summed E-state index contributed by atoms with van der Waals surface area (Å²) in [6, 6.07) is 9.66. The normalized spacial score (nSPS) is 15.6. The lowest BCUT2D eigenvalue weighted by Crippen LogP contribution is -2.45. The van der Waals surface area contributed by atoms with Crippen molar-refractivity contribution in [2.24, 2.45) is 0 Å². The van der Waals surface area contributed by atoms with Gasteiger partial charge in [0, 0.05) is 32.2 Å². The Morgan fingerprint density at radius 3 is 2.59 bits per heavy atom. The summed E-state index contributed by atoms with van der Waals surface area (Å²) in [7, 11) is -3.77. The molecule has 1 aromatic heterocycles. The number of nitrogens with one attached hydrogen (secondary N) is 3. The minimum Gasteiger partial charge on any atom is -0.353 e. The van der Waals surface area contributed by atoms with Crippen LogP contribution < -0.4 is 20.3 Å². The minimum absolute atomic E-state index is 0.00281. The number of carbonyl (C=O) groups excluding carboxylic acids is 1. The average molecular weight is 418 g/mol. The fraction of sp³-hybridized carbons (Fsp3) is 0.400. The van der Waals surface area contributed by atoms with Crippen LogP contribution in [0.5, 0.6) is 0 Å². The number of hydrogen-bond acceptors (Lipinski definition) is 6. The minimum atomic E-state index is -3.77. The molecule has 8 nitrogen and oxygen atoms in total. The van der Waals surface area contributed by atoms with Crippen LogP contribution in [0.25, 0.3) is 0 Å². The molecule has 0 bridgehead atoms. The zero-order valence-corrected chi connectivity index (χ0v) is 17.5. The Kier molecular flexibility index (Phi) is 6.71. The van der Waals surface area contributed by atoms with E-state index in [1.54, 1.807) is 24.3 Å². The van der Waals surface area contributed by atoms with Gasteiger partial charge in [0.1, 0.15) is 5.82 Å². The summed E-state index contributed by atoms with van der Waals surface area (Å²) in [4.78, 5) is 19.5. The molecule has 156 valence electrons. The van der Waals surface area contributed by atoms with Gasteiger partial charge in [-0.15, -0.1) is 0 Å². The number of sulfonamides is 1. The number of rotatable bonds is 7. The van der Waals surface area contributed by atoms with E-state index >= 15 is 0 Å². The van der Waals surface area contributed by atoms with Crippen LogP contribution >= 0.6 is 0 Å². The predicted octanol–water partition coefficient (Wildman–Crippen LogP) is 1.82. The molecule has 3 N–H and O–H groups in total. The smallest absolute Gasteiger partial charge is 0.261 e.